The molecule has 0 heterocycles. The van der Waals surface area contributed by atoms with Gasteiger partial charge < -0.3 is 10.5 Å². The van der Waals surface area contributed by atoms with E-state index >= 15 is 0 Å². The lowest BCUT2D eigenvalue weighted by molar-refractivity contribution is -0.0329. The van der Waals surface area contributed by atoms with Crippen LogP contribution in [0.15, 0.2) is 24.3 Å². The molecule has 0 aromatic heterocycles. The Labute approximate surface area is 115 Å². The molecule has 0 saturated carbocycles. The Morgan fingerprint density at radius 2 is 2.00 bits per heavy atom. The summed E-state index contributed by atoms with van der Waals surface area (Å²) in [7, 11) is 0. The molecule has 0 bridgehead atoms. The van der Waals surface area contributed by atoms with Crippen molar-refractivity contribution in [2.24, 2.45) is 5.73 Å². The molecule has 1 rings (SSSR count). The van der Waals surface area contributed by atoms with Crippen LogP contribution in [0.3, 0.4) is 0 Å². The van der Waals surface area contributed by atoms with Crippen LogP contribution in [0.25, 0.3) is 0 Å². The fourth-order valence-electron chi connectivity index (χ4n) is 1.55. The summed E-state index contributed by atoms with van der Waals surface area (Å²) in [6, 6.07) is 7.36. The maximum absolute atomic E-state index is 12.0. The molecule has 2 nitrogen and oxygen atoms in total. The number of nitrogens with two attached hydrogens (primary N) is 1. The van der Waals surface area contributed by atoms with Gasteiger partial charge in [-0.25, -0.2) is 0 Å². The lowest BCUT2D eigenvalue weighted by Crippen LogP contribution is -2.21. The SMILES string of the molecule is CCC(N)Cc1ccccc1OCCSC(F)(F)F. The van der Waals surface area contributed by atoms with Gasteiger partial charge in [0.25, 0.3) is 0 Å². The highest BCUT2D eigenvalue weighted by molar-refractivity contribution is 8.00. The van der Waals surface area contributed by atoms with Gasteiger partial charge in [0.1, 0.15) is 5.75 Å². The molecule has 1 aromatic carbocycles. The van der Waals surface area contributed by atoms with E-state index in [-0.39, 0.29) is 30.2 Å². The monoisotopic (exact) mass is 293 g/mol. The van der Waals surface area contributed by atoms with E-state index in [0.29, 0.717) is 12.2 Å². The summed E-state index contributed by atoms with van der Waals surface area (Å²) in [4.78, 5) is 0. The maximum Gasteiger partial charge on any atom is 0.441 e. The molecular formula is C13H18F3NOS. The van der Waals surface area contributed by atoms with Crippen molar-refractivity contribution in [2.45, 2.75) is 31.3 Å². The normalized spacial score (nSPS) is 13.3. The largest absolute Gasteiger partial charge is 0.492 e. The summed E-state index contributed by atoms with van der Waals surface area (Å²) in [5.41, 5.74) is 2.62. The highest BCUT2D eigenvalue weighted by Crippen LogP contribution is 2.30. The topological polar surface area (TPSA) is 35.2 Å². The number of para-hydroxylation sites is 1. The van der Waals surface area contributed by atoms with Gasteiger partial charge in [-0.15, -0.1) is 0 Å². The molecule has 0 radical (unpaired) electrons. The third kappa shape index (κ3) is 6.73. The van der Waals surface area contributed by atoms with Crippen molar-refractivity contribution in [1.82, 2.24) is 0 Å². The first-order valence-electron chi connectivity index (χ1n) is 6.09. The van der Waals surface area contributed by atoms with Crippen molar-refractivity contribution in [3.05, 3.63) is 29.8 Å². The van der Waals surface area contributed by atoms with E-state index in [9.17, 15) is 13.2 Å². The van der Waals surface area contributed by atoms with Crippen LogP contribution in [-0.4, -0.2) is 23.9 Å². The Balaban J connectivity index is 2.49. The number of alkyl halides is 3. The summed E-state index contributed by atoms with van der Waals surface area (Å²) in [6.07, 6.45) is 1.51. The van der Waals surface area contributed by atoms with Crippen molar-refractivity contribution in [3.63, 3.8) is 0 Å². The van der Waals surface area contributed by atoms with E-state index in [4.69, 9.17) is 10.5 Å². The molecule has 0 fully saturated rings. The van der Waals surface area contributed by atoms with Crippen molar-refractivity contribution in [3.8, 4) is 5.75 Å². The average Bonchev–Trinajstić information content (AvgIpc) is 2.35. The maximum atomic E-state index is 12.0. The Bertz CT molecular complexity index is 384. The van der Waals surface area contributed by atoms with Crippen LogP contribution in [0, 0.1) is 0 Å². The minimum absolute atomic E-state index is 0.0303. The fraction of sp³-hybridized carbons (Fsp3) is 0.538. The summed E-state index contributed by atoms with van der Waals surface area (Å²) >= 11 is -0.0726. The summed E-state index contributed by atoms with van der Waals surface area (Å²) in [5.74, 6) is 0.506. The standard InChI is InChI=1S/C13H18F3NOS/c1-2-11(17)9-10-5-3-4-6-12(10)18-7-8-19-13(14,15)16/h3-6,11H,2,7-9,17H2,1H3. The third-order valence-corrected chi connectivity index (χ3v) is 3.28. The van der Waals surface area contributed by atoms with Gasteiger partial charge in [-0.1, -0.05) is 25.1 Å². The van der Waals surface area contributed by atoms with Gasteiger partial charge in [0.2, 0.25) is 0 Å². The minimum Gasteiger partial charge on any atom is -0.492 e. The van der Waals surface area contributed by atoms with Crippen molar-refractivity contribution in [1.29, 1.82) is 0 Å². The zero-order valence-corrected chi connectivity index (χ0v) is 11.6. The van der Waals surface area contributed by atoms with Crippen molar-refractivity contribution in [2.75, 3.05) is 12.4 Å². The van der Waals surface area contributed by atoms with Gasteiger partial charge in [0.05, 0.1) is 6.61 Å². The Morgan fingerprint density at radius 3 is 2.63 bits per heavy atom. The number of rotatable bonds is 7. The predicted molar refractivity (Wildman–Crippen MR) is 72.4 cm³/mol. The van der Waals surface area contributed by atoms with Crippen LogP contribution < -0.4 is 10.5 Å². The minimum atomic E-state index is -4.20. The van der Waals surface area contributed by atoms with E-state index in [1.807, 2.05) is 19.1 Å². The molecule has 1 unspecified atom stereocenters. The lowest BCUT2D eigenvalue weighted by atomic mass is 10.0. The molecule has 0 spiro atoms. The highest BCUT2D eigenvalue weighted by Gasteiger charge is 2.27. The van der Waals surface area contributed by atoms with E-state index < -0.39 is 5.51 Å². The molecule has 6 heteroatoms. The van der Waals surface area contributed by atoms with Crippen LogP contribution in [0.4, 0.5) is 13.2 Å². The van der Waals surface area contributed by atoms with Crippen LogP contribution in [0.2, 0.25) is 0 Å². The number of hydrogen-bond donors (Lipinski definition) is 1. The summed E-state index contributed by atoms with van der Waals surface area (Å²) < 4.78 is 41.3. The molecular weight excluding hydrogens is 275 g/mol. The number of halogens is 3. The second kappa shape index (κ2) is 7.65. The fourth-order valence-corrected chi connectivity index (χ4v) is 1.95. The van der Waals surface area contributed by atoms with Crippen LogP contribution in [-0.2, 0) is 6.42 Å². The Kier molecular flexibility index (Phi) is 6.51. The second-order valence-electron chi connectivity index (χ2n) is 4.12. The van der Waals surface area contributed by atoms with Gasteiger partial charge in [-0.05, 0) is 36.2 Å². The number of hydrogen-bond acceptors (Lipinski definition) is 3. The molecule has 1 atom stereocenters. The van der Waals surface area contributed by atoms with E-state index in [1.165, 1.54) is 0 Å². The third-order valence-electron chi connectivity index (χ3n) is 2.59. The smallest absolute Gasteiger partial charge is 0.441 e. The van der Waals surface area contributed by atoms with Gasteiger partial charge in [0.15, 0.2) is 0 Å². The molecule has 0 aliphatic carbocycles. The molecule has 2 N–H and O–H groups in total. The van der Waals surface area contributed by atoms with E-state index in [2.05, 4.69) is 0 Å². The predicted octanol–water partition coefficient (Wildman–Crippen LogP) is 3.60. The summed E-state index contributed by atoms with van der Waals surface area (Å²) in [6.45, 7) is 2.02. The van der Waals surface area contributed by atoms with Gasteiger partial charge in [0, 0.05) is 11.8 Å². The Hall–Kier alpha value is -0.880. The molecule has 1 aromatic rings. The molecule has 0 aliphatic rings. The Morgan fingerprint density at radius 1 is 1.32 bits per heavy atom. The average molecular weight is 293 g/mol. The van der Waals surface area contributed by atoms with Crippen molar-refractivity contribution >= 4 is 11.8 Å². The van der Waals surface area contributed by atoms with Crippen molar-refractivity contribution < 1.29 is 17.9 Å². The first kappa shape index (κ1) is 16.2. The lowest BCUT2D eigenvalue weighted by Gasteiger charge is -2.14. The molecule has 0 saturated heterocycles. The number of ether oxygens (including phenoxy) is 1. The second-order valence-corrected chi connectivity index (χ2v) is 5.28. The molecule has 0 amide bonds. The van der Waals surface area contributed by atoms with Crippen LogP contribution in [0.1, 0.15) is 18.9 Å². The highest BCUT2D eigenvalue weighted by atomic mass is 32.2. The zero-order chi connectivity index (χ0) is 14.3. The van der Waals surface area contributed by atoms with Crippen LogP contribution >= 0.6 is 11.8 Å². The summed E-state index contributed by atoms with van der Waals surface area (Å²) in [5, 5.41) is 0. The molecule has 19 heavy (non-hydrogen) atoms. The first-order chi connectivity index (χ1) is 8.92. The number of benzene rings is 1. The van der Waals surface area contributed by atoms with Gasteiger partial charge >= 0.3 is 5.51 Å². The van der Waals surface area contributed by atoms with E-state index in [1.54, 1.807) is 12.1 Å². The van der Waals surface area contributed by atoms with Gasteiger partial charge in [-0.2, -0.15) is 13.2 Å². The molecule has 0 aliphatic heterocycles. The quantitative estimate of drug-likeness (QED) is 0.780. The first-order valence-corrected chi connectivity index (χ1v) is 7.08. The number of thioether (sulfide) groups is 1. The zero-order valence-electron chi connectivity index (χ0n) is 10.7. The molecule has 108 valence electrons. The van der Waals surface area contributed by atoms with Crippen LogP contribution in [0.5, 0.6) is 5.75 Å². The van der Waals surface area contributed by atoms with Gasteiger partial charge in [-0.3, -0.25) is 0 Å². The van der Waals surface area contributed by atoms with E-state index in [0.717, 1.165) is 12.0 Å².